The number of hydrogen-bond donors (Lipinski definition) is 2. The first-order valence-electron chi connectivity index (χ1n) is 10.5. The number of piperidine rings is 1. The van der Waals surface area contributed by atoms with Gasteiger partial charge in [0, 0.05) is 32.4 Å². The Labute approximate surface area is 179 Å². The third kappa shape index (κ3) is 5.19. The van der Waals surface area contributed by atoms with E-state index in [1.807, 2.05) is 30.0 Å². The maximum atomic E-state index is 13.0. The summed E-state index contributed by atoms with van der Waals surface area (Å²) in [6.07, 6.45) is 2.20. The number of nitrogens with zero attached hydrogens (tertiary/aromatic N) is 2. The van der Waals surface area contributed by atoms with Crippen LogP contribution < -0.4 is 10.6 Å². The molecular weight excluding hydrogens is 404 g/mol. The number of nitrogens with one attached hydrogen (secondary N) is 2. The fraction of sp³-hybridized carbons (Fsp3) is 0.619. The third-order valence-corrected chi connectivity index (χ3v) is 8.32. The number of sulfonamides is 1. The first-order chi connectivity index (χ1) is 14.2. The van der Waals surface area contributed by atoms with Crippen LogP contribution in [0.4, 0.5) is 5.69 Å². The van der Waals surface area contributed by atoms with Crippen LogP contribution in [0.1, 0.15) is 31.7 Å². The number of aryl methyl sites for hydroxylation is 1. The average Bonchev–Trinajstić information content (AvgIpc) is 3.21. The van der Waals surface area contributed by atoms with Gasteiger partial charge in [-0.2, -0.15) is 4.31 Å². The lowest BCUT2D eigenvalue weighted by atomic mass is 9.98. The smallest absolute Gasteiger partial charge is 0.239 e. The number of carbonyl (C=O) groups is 2. The summed E-state index contributed by atoms with van der Waals surface area (Å²) in [7, 11) is -2.29. The quantitative estimate of drug-likeness (QED) is 0.698. The minimum Gasteiger partial charge on any atom is -0.341 e. The molecule has 0 spiro atoms. The fourth-order valence-corrected chi connectivity index (χ4v) is 5.57. The summed E-state index contributed by atoms with van der Waals surface area (Å²) in [5.74, 6) is 0.217. The molecule has 2 aliphatic rings. The molecule has 2 unspecified atom stereocenters. The van der Waals surface area contributed by atoms with Crippen molar-refractivity contribution in [2.24, 2.45) is 5.92 Å². The normalized spacial score (nSPS) is 23.0. The van der Waals surface area contributed by atoms with Gasteiger partial charge in [0.15, 0.2) is 0 Å². The molecule has 166 valence electrons. The van der Waals surface area contributed by atoms with Crippen molar-refractivity contribution in [3.05, 3.63) is 29.8 Å². The van der Waals surface area contributed by atoms with Gasteiger partial charge < -0.3 is 15.5 Å². The molecule has 1 aromatic rings. The second-order valence-corrected chi connectivity index (χ2v) is 10.8. The predicted octanol–water partition coefficient (Wildman–Crippen LogP) is 1.18. The predicted molar refractivity (Wildman–Crippen MR) is 117 cm³/mol. The molecule has 0 radical (unpaired) electrons. The summed E-state index contributed by atoms with van der Waals surface area (Å²) in [5.41, 5.74) is 1.57. The van der Waals surface area contributed by atoms with Crippen LogP contribution in [0.2, 0.25) is 0 Å². The van der Waals surface area contributed by atoms with E-state index in [4.69, 9.17) is 0 Å². The highest BCUT2D eigenvalue weighted by molar-refractivity contribution is 7.89. The van der Waals surface area contributed by atoms with Crippen molar-refractivity contribution in [2.45, 2.75) is 44.4 Å². The van der Waals surface area contributed by atoms with E-state index in [-0.39, 0.29) is 25.4 Å². The van der Waals surface area contributed by atoms with Gasteiger partial charge in [-0.25, -0.2) is 8.42 Å². The number of anilines is 1. The largest absolute Gasteiger partial charge is 0.341 e. The Morgan fingerprint density at radius 1 is 1.23 bits per heavy atom. The van der Waals surface area contributed by atoms with Gasteiger partial charge in [0.25, 0.3) is 0 Å². The summed E-state index contributed by atoms with van der Waals surface area (Å²) in [5, 5.41) is 5.12. The number of amides is 2. The van der Waals surface area contributed by atoms with Crippen LogP contribution >= 0.6 is 0 Å². The van der Waals surface area contributed by atoms with Crippen molar-refractivity contribution in [1.29, 1.82) is 0 Å². The van der Waals surface area contributed by atoms with Gasteiger partial charge >= 0.3 is 0 Å². The van der Waals surface area contributed by atoms with Crippen molar-refractivity contribution < 1.29 is 18.0 Å². The molecule has 0 aromatic heterocycles. The van der Waals surface area contributed by atoms with Crippen LogP contribution in [0.15, 0.2) is 24.3 Å². The highest BCUT2D eigenvalue weighted by atomic mass is 32.2. The number of likely N-dealkylation sites (N-methyl/N-ethyl adjacent to an activating group) is 1. The van der Waals surface area contributed by atoms with Crippen LogP contribution in [0.25, 0.3) is 0 Å². The lowest BCUT2D eigenvalue weighted by molar-refractivity contribution is -0.134. The molecule has 3 rings (SSSR count). The van der Waals surface area contributed by atoms with Crippen LogP contribution in [-0.4, -0.2) is 74.0 Å². The maximum absolute atomic E-state index is 13.0. The maximum Gasteiger partial charge on any atom is 0.239 e. The fourth-order valence-electron chi connectivity index (χ4n) is 4.02. The molecule has 2 saturated heterocycles. The summed E-state index contributed by atoms with van der Waals surface area (Å²) in [6, 6.07) is 6.86. The number of benzene rings is 1. The zero-order valence-electron chi connectivity index (χ0n) is 17.9. The number of carbonyl (C=O) groups excluding carboxylic acids is 2. The molecule has 2 heterocycles. The number of para-hydroxylation sites is 1. The molecule has 0 aliphatic carbocycles. The highest BCUT2D eigenvalue weighted by Gasteiger charge is 2.41. The number of hydrogen-bond acceptors (Lipinski definition) is 5. The molecule has 2 N–H and O–H groups in total. The van der Waals surface area contributed by atoms with E-state index in [1.165, 1.54) is 7.05 Å². The molecule has 2 amide bonds. The standard InChI is InChI=1S/C21H32N4O4S/c1-15-8-10-25(11-9-15)21(27)19-12-17(13-22-19)30(28,29)24(3)14-20(26)23-18-7-5-4-6-16(18)2/h4-7,15,17,19,22H,8-14H2,1-3H3,(H,23,26). The van der Waals surface area contributed by atoms with Crippen molar-refractivity contribution in [1.82, 2.24) is 14.5 Å². The van der Waals surface area contributed by atoms with Crippen molar-refractivity contribution in [2.75, 3.05) is 38.5 Å². The highest BCUT2D eigenvalue weighted by Crippen LogP contribution is 2.22. The van der Waals surface area contributed by atoms with Crippen LogP contribution in [-0.2, 0) is 19.6 Å². The lowest BCUT2D eigenvalue weighted by Gasteiger charge is -2.32. The molecule has 2 aliphatic heterocycles. The van der Waals surface area contributed by atoms with E-state index in [1.54, 1.807) is 6.07 Å². The van der Waals surface area contributed by atoms with Gasteiger partial charge in [0.2, 0.25) is 21.8 Å². The van der Waals surface area contributed by atoms with E-state index < -0.39 is 27.2 Å². The summed E-state index contributed by atoms with van der Waals surface area (Å²) >= 11 is 0. The second-order valence-electron chi connectivity index (χ2n) is 8.49. The molecule has 9 heteroatoms. The Balaban J connectivity index is 1.55. The summed E-state index contributed by atoms with van der Waals surface area (Å²) < 4.78 is 27.0. The van der Waals surface area contributed by atoms with Gasteiger partial charge in [0.05, 0.1) is 17.8 Å². The molecule has 30 heavy (non-hydrogen) atoms. The molecule has 0 saturated carbocycles. The Bertz CT molecular complexity index is 881. The van der Waals surface area contributed by atoms with Gasteiger partial charge in [-0.1, -0.05) is 25.1 Å². The van der Waals surface area contributed by atoms with E-state index >= 15 is 0 Å². The molecule has 2 fully saturated rings. The van der Waals surface area contributed by atoms with Gasteiger partial charge in [-0.15, -0.1) is 0 Å². The average molecular weight is 437 g/mol. The van der Waals surface area contributed by atoms with Gasteiger partial charge in [0.1, 0.15) is 0 Å². The second kappa shape index (κ2) is 9.45. The first-order valence-corrected chi connectivity index (χ1v) is 12.0. The van der Waals surface area contributed by atoms with E-state index in [0.717, 1.165) is 35.8 Å². The lowest BCUT2D eigenvalue weighted by Crippen LogP contribution is -2.46. The van der Waals surface area contributed by atoms with Gasteiger partial charge in [-0.05, 0) is 43.7 Å². The summed E-state index contributed by atoms with van der Waals surface area (Å²) in [6.45, 7) is 5.47. The third-order valence-electron chi connectivity index (χ3n) is 6.13. The Morgan fingerprint density at radius 3 is 2.57 bits per heavy atom. The SMILES string of the molecule is Cc1ccccc1NC(=O)CN(C)S(=O)(=O)C1CNC(C(=O)N2CCC(C)CC2)C1. The van der Waals surface area contributed by atoms with Crippen LogP contribution in [0, 0.1) is 12.8 Å². The zero-order valence-corrected chi connectivity index (χ0v) is 18.7. The van der Waals surface area contributed by atoms with Crippen molar-refractivity contribution >= 4 is 27.5 Å². The van der Waals surface area contributed by atoms with Crippen LogP contribution in [0.3, 0.4) is 0 Å². The zero-order chi connectivity index (χ0) is 21.9. The monoisotopic (exact) mass is 436 g/mol. The number of rotatable bonds is 6. The summed E-state index contributed by atoms with van der Waals surface area (Å²) in [4.78, 5) is 26.9. The molecule has 0 bridgehead atoms. The molecule has 1 aromatic carbocycles. The minimum absolute atomic E-state index is 0.0143. The van der Waals surface area contributed by atoms with Crippen molar-refractivity contribution in [3.63, 3.8) is 0 Å². The number of likely N-dealkylation sites (tertiary alicyclic amines) is 1. The van der Waals surface area contributed by atoms with Gasteiger partial charge in [-0.3, -0.25) is 9.59 Å². The molecule has 2 atom stereocenters. The van der Waals surface area contributed by atoms with Crippen molar-refractivity contribution in [3.8, 4) is 0 Å². The Kier molecular flexibility index (Phi) is 7.15. The molecular formula is C21H32N4O4S. The Hall–Kier alpha value is -1.97. The topological polar surface area (TPSA) is 98.8 Å². The Morgan fingerprint density at radius 2 is 1.90 bits per heavy atom. The van der Waals surface area contributed by atoms with E-state index in [0.29, 0.717) is 11.6 Å². The first kappa shape index (κ1) is 22.7. The minimum atomic E-state index is -3.70. The molecule has 8 nitrogen and oxygen atoms in total. The van der Waals surface area contributed by atoms with E-state index in [9.17, 15) is 18.0 Å². The van der Waals surface area contributed by atoms with E-state index in [2.05, 4.69) is 17.6 Å². The van der Waals surface area contributed by atoms with Crippen LogP contribution in [0.5, 0.6) is 0 Å².